The predicted molar refractivity (Wildman–Crippen MR) is 97.9 cm³/mol. The van der Waals surface area contributed by atoms with Gasteiger partial charge in [-0.05, 0) is 48.7 Å². The third kappa shape index (κ3) is 5.96. The molecule has 2 aromatic carbocycles. The van der Waals surface area contributed by atoms with Crippen molar-refractivity contribution in [3.63, 3.8) is 0 Å². The van der Waals surface area contributed by atoms with E-state index >= 15 is 0 Å². The maximum Gasteiger partial charge on any atom is 0.338 e. The van der Waals surface area contributed by atoms with Crippen LogP contribution in [0.15, 0.2) is 53.4 Å². The van der Waals surface area contributed by atoms with Crippen LogP contribution in [0.2, 0.25) is 0 Å². The van der Waals surface area contributed by atoms with Gasteiger partial charge in [0.05, 0.1) is 5.56 Å². The first-order valence-electron chi connectivity index (χ1n) is 7.46. The standard InChI is InChI=1S/C18H18N2O4S/c1-12(21)19-14-4-3-5-15(10-14)20-17(22)11-24-18(23)13-6-8-16(25-2)9-7-13/h3-10H,11H2,1-2H3,(H,19,21)(H,20,22). The summed E-state index contributed by atoms with van der Waals surface area (Å²) in [7, 11) is 0. The number of anilines is 2. The topological polar surface area (TPSA) is 84.5 Å². The van der Waals surface area contributed by atoms with E-state index in [0.717, 1.165) is 4.90 Å². The van der Waals surface area contributed by atoms with E-state index in [1.165, 1.54) is 6.92 Å². The molecule has 0 spiro atoms. The number of carbonyl (C=O) groups excluding carboxylic acids is 3. The smallest absolute Gasteiger partial charge is 0.338 e. The van der Waals surface area contributed by atoms with Gasteiger partial charge in [0.15, 0.2) is 6.61 Å². The Balaban J connectivity index is 1.87. The molecule has 0 aliphatic carbocycles. The number of esters is 1. The number of amides is 2. The van der Waals surface area contributed by atoms with Gasteiger partial charge in [0.25, 0.3) is 5.91 Å². The zero-order valence-corrected chi connectivity index (χ0v) is 14.7. The number of ether oxygens (including phenoxy) is 1. The molecule has 0 atom stereocenters. The van der Waals surface area contributed by atoms with E-state index in [2.05, 4.69) is 10.6 Å². The lowest BCUT2D eigenvalue weighted by Crippen LogP contribution is -2.21. The molecule has 25 heavy (non-hydrogen) atoms. The molecule has 2 rings (SSSR count). The van der Waals surface area contributed by atoms with Crippen molar-refractivity contribution in [1.29, 1.82) is 0 Å². The molecule has 0 unspecified atom stereocenters. The van der Waals surface area contributed by atoms with Gasteiger partial charge in [-0.1, -0.05) is 6.07 Å². The second kappa shape index (κ2) is 8.89. The number of rotatable bonds is 6. The van der Waals surface area contributed by atoms with Crippen molar-refractivity contribution in [3.8, 4) is 0 Å². The van der Waals surface area contributed by atoms with Crippen molar-refractivity contribution >= 4 is 40.9 Å². The Kier molecular flexibility index (Phi) is 6.59. The zero-order valence-electron chi connectivity index (χ0n) is 13.9. The quantitative estimate of drug-likeness (QED) is 0.612. The highest BCUT2D eigenvalue weighted by atomic mass is 32.2. The lowest BCUT2D eigenvalue weighted by molar-refractivity contribution is -0.119. The first-order valence-corrected chi connectivity index (χ1v) is 8.69. The molecular formula is C18H18N2O4S. The Hall–Kier alpha value is -2.80. The van der Waals surface area contributed by atoms with E-state index in [9.17, 15) is 14.4 Å². The number of thioether (sulfide) groups is 1. The second-order valence-corrected chi connectivity index (χ2v) is 5.99. The van der Waals surface area contributed by atoms with Crippen LogP contribution >= 0.6 is 11.8 Å². The fourth-order valence-corrected chi connectivity index (χ4v) is 2.42. The summed E-state index contributed by atoms with van der Waals surface area (Å²) >= 11 is 1.57. The van der Waals surface area contributed by atoms with E-state index in [0.29, 0.717) is 16.9 Å². The molecule has 0 bridgehead atoms. The van der Waals surface area contributed by atoms with Gasteiger partial charge in [-0.15, -0.1) is 11.8 Å². The van der Waals surface area contributed by atoms with Crippen LogP contribution in [0.5, 0.6) is 0 Å². The summed E-state index contributed by atoms with van der Waals surface area (Å²) in [6.45, 7) is 1.00. The van der Waals surface area contributed by atoms with E-state index in [-0.39, 0.29) is 5.91 Å². The molecule has 0 aliphatic heterocycles. The zero-order chi connectivity index (χ0) is 18.2. The molecule has 0 fully saturated rings. The summed E-state index contributed by atoms with van der Waals surface area (Å²) in [5, 5.41) is 5.23. The summed E-state index contributed by atoms with van der Waals surface area (Å²) in [6.07, 6.45) is 1.94. The van der Waals surface area contributed by atoms with Crippen LogP contribution in [0.1, 0.15) is 17.3 Å². The van der Waals surface area contributed by atoms with Crippen molar-refractivity contribution in [3.05, 3.63) is 54.1 Å². The van der Waals surface area contributed by atoms with Crippen molar-refractivity contribution in [2.24, 2.45) is 0 Å². The Morgan fingerprint density at radius 2 is 1.64 bits per heavy atom. The first kappa shape index (κ1) is 18.5. The lowest BCUT2D eigenvalue weighted by Gasteiger charge is -2.08. The van der Waals surface area contributed by atoms with E-state index in [1.807, 2.05) is 18.4 Å². The van der Waals surface area contributed by atoms with Crippen molar-refractivity contribution in [2.75, 3.05) is 23.5 Å². The summed E-state index contributed by atoms with van der Waals surface area (Å²) in [6, 6.07) is 13.6. The average molecular weight is 358 g/mol. The third-order valence-electron chi connectivity index (χ3n) is 3.13. The van der Waals surface area contributed by atoms with Crippen molar-refractivity contribution in [1.82, 2.24) is 0 Å². The summed E-state index contributed by atoms with van der Waals surface area (Å²) in [4.78, 5) is 35.9. The predicted octanol–water partition coefficient (Wildman–Crippen LogP) is 3.16. The number of carbonyl (C=O) groups is 3. The molecule has 0 aliphatic rings. The van der Waals surface area contributed by atoms with Crippen LogP contribution in [-0.2, 0) is 14.3 Å². The first-order chi connectivity index (χ1) is 12.0. The molecule has 0 saturated heterocycles. The summed E-state index contributed by atoms with van der Waals surface area (Å²) in [5.74, 6) is -1.23. The van der Waals surface area contributed by atoms with Gasteiger partial charge in [-0.3, -0.25) is 9.59 Å². The fourth-order valence-electron chi connectivity index (χ4n) is 2.02. The lowest BCUT2D eigenvalue weighted by atomic mass is 10.2. The normalized spacial score (nSPS) is 10.0. The van der Waals surface area contributed by atoms with Gasteiger partial charge in [0.2, 0.25) is 5.91 Å². The maximum absolute atomic E-state index is 11.9. The van der Waals surface area contributed by atoms with Gasteiger partial charge in [-0.25, -0.2) is 4.79 Å². The molecule has 130 valence electrons. The van der Waals surface area contributed by atoms with Crippen LogP contribution in [0, 0.1) is 0 Å². The third-order valence-corrected chi connectivity index (χ3v) is 3.87. The minimum Gasteiger partial charge on any atom is -0.452 e. The molecule has 0 heterocycles. The minimum absolute atomic E-state index is 0.204. The van der Waals surface area contributed by atoms with Gasteiger partial charge < -0.3 is 15.4 Å². The average Bonchev–Trinajstić information content (AvgIpc) is 2.59. The Bertz CT molecular complexity index is 775. The van der Waals surface area contributed by atoms with Gasteiger partial charge in [0.1, 0.15) is 0 Å². The molecule has 0 aromatic heterocycles. The minimum atomic E-state index is -0.560. The van der Waals surface area contributed by atoms with Crippen LogP contribution in [-0.4, -0.2) is 30.6 Å². The number of nitrogens with one attached hydrogen (secondary N) is 2. The molecule has 2 N–H and O–H groups in total. The molecule has 0 saturated carbocycles. The Morgan fingerprint density at radius 1 is 1.00 bits per heavy atom. The summed E-state index contributed by atoms with van der Waals surface area (Å²) < 4.78 is 5.00. The van der Waals surface area contributed by atoms with Crippen molar-refractivity contribution in [2.45, 2.75) is 11.8 Å². The maximum atomic E-state index is 11.9. The van der Waals surface area contributed by atoms with Gasteiger partial charge >= 0.3 is 5.97 Å². The van der Waals surface area contributed by atoms with Crippen LogP contribution in [0.4, 0.5) is 11.4 Å². The molecule has 2 aromatic rings. The molecule has 2 amide bonds. The SMILES string of the molecule is CSc1ccc(C(=O)OCC(=O)Nc2cccc(NC(C)=O)c2)cc1. The number of hydrogen-bond donors (Lipinski definition) is 2. The summed E-state index contributed by atoms with van der Waals surface area (Å²) in [5.41, 5.74) is 1.45. The van der Waals surface area contributed by atoms with Crippen LogP contribution in [0.3, 0.4) is 0 Å². The molecule has 7 heteroatoms. The Labute approximate surface area is 149 Å². The number of benzene rings is 2. The van der Waals surface area contributed by atoms with Gasteiger partial charge in [-0.2, -0.15) is 0 Å². The molecule has 0 radical (unpaired) electrons. The van der Waals surface area contributed by atoms with Crippen LogP contribution < -0.4 is 10.6 Å². The molecular weight excluding hydrogens is 340 g/mol. The Morgan fingerprint density at radius 3 is 2.24 bits per heavy atom. The van der Waals surface area contributed by atoms with E-state index in [4.69, 9.17) is 4.74 Å². The monoisotopic (exact) mass is 358 g/mol. The second-order valence-electron chi connectivity index (χ2n) is 5.11. The highest BCUT2D eigenvalue weighted by molar-refractivity contribution is 7.98. The highest BCUT2D eigenvalue weighted by Crippen LogP contribution is 2.16. The van der Waals surface area contributed by atoms with Gasteiger partial charge in [0, 0.05) is 23.2 Å². The molecule has 6 nitrogen and oxygen atoms in total. The van der Waals surface area contributed by atoms with Crippen molar-refractivity contribution < 1.29 is 19.1 Å². The van der Waals surface area contributed by atoms with E-state index < -0.39 is 18.5 Å². The van der Waals surface area contributed by atoms with Crippen LogP contribution in [0.25, 0.3) is 0 Å². The highest BCUT2D eigenvalue weighted by Gasteiger charge is 2.10. The fraction of sp³-hybridized carbons (Fsp3) is 0.167. The largest absolute Gasteiger partial charge is 0.452 e. The number of hydrogen-bond acceptors (Lipinski definition) is 5. The van der Waals surface area contributed by atoms with E-state index in [1.54, 1.807) is 48.2 Å².